The van der Waals surface area contributed by atoms with Crippen molar-refractivity contribution in [2.24, 2.45) is 0 Å². The van der Waals surface area contributed by atoms with Gasteiger partial charge in [0, 0.05) is 22.7 Å². The first-order valence-corrected chi connectivity index (χ1v) is 9.94. The smallest absolute Gasteiger partial charge is 0.251 e. The highest BCUT2D eigenvalue weighted by molar-refractivity contribution is 7.13. The van der Waals surface area contributed by atoms with Crippen LogP contribution >= 0.6 is 11.3 Å². The van der Waals surface area contributed by atoms with Crippen LogP contribution in [0.3, 0.4) is 0 Å². The second-order valence-corrected chi connectivity index (χ2v) is 7.61. The summed E-state index contributed by atoms with van der Waals surface area (Å²) in [6, 6.07) is 17.6. The Labute approximate surface area is 167 Å². The molecular weight excluding hydrogens is 368 g/mol. The van der Waals surface area contributed by atoms with E-state index in [4.69, 9.17) is 4.42 Å². The molecule has 2 aromatic heterocycles. The Morgan fingerprint density at radius 3 is 2.54 bits per heavy atom. The highest BCUT2D eigenvalue weighted by Crippen LogP contribution is 2.30. The van der Waals surface area contributed by atoms with Crippen molar-refractivity contribution in [1.82, 2.24) is 10.3 Å². The van der Waals surface area contributed by atoms with Gasteiger partial charge in [0.25, 0.3) is 5.91 Å². The molecule has 0 saturated heterocycles. The largest absolute Gasteiger partial charge is 0.467 e. The summed E-state index contributed by atoms with van der Waals surface area (Å²) in [6.07, 6.45) is 3.38. The first-order valence-electron chi connectivity index (χ1n) is 9.06. The van der Waals surface area contributed by atoms with Crippen LogP contribution in [-0.2, 0) is 0 Å². The molecular formula is C23H20N2O2S. The van der Waals surface area contributed by atoms with Crippen LogP contribution in [0, 0.1) is 6.92 Å². The van der Waals surface area contributed by atoms with Crippen LogP contribution in [0.4, 0.5) is 0 Å². The van der Waals surface area contributed by atoms with Crippen molar-refractivity contribution < 1.29 is 9.21 Å². The Hall–Kier alpha value is -3.18. The van der Waals surface area contributed by atoms with E-state index in [0.29, 0.717) is 5.56 Å². The first kappa shape index (κ1) is 18.2. The molecule has 140 valence electrons. The van der Waals surface area contributed by atoms with Crippen LogP contribution in [0.25, 0.3) is 21.7 Å². The molecule has 2 heterocycles. The summed E-state index contributed by atoms with van der Waals surface area (Å²) in [4.78, 5) is 17.3. The van der Waals surface area contributed by atoms with Crippen LogP contribution in [0.1, 0.15) is 34.6 Å². The van der Waals surface area contributed by atoms with Crippen LogP contribution in [0.2, 0.25) is 0 Å². The minimum atomic E-state index is -0.214. The molecule has 5 heteroatoms. The topological polar surface area (TPSA) is 55.1 Å². The fourth-order valence-corrected chi connectivity index (χ4v) is 3.68. The predicted octanol–water partition coefficient (Wildman–Crippen LogP) is 5.87. The number of rotatable bonds is 5. The number of hydrogen-bond acceptors (Lipinski definition) is 4. The Balaban J connectivity index is 1.71. The zero-order valence-corrected chi connectivity index (χ0v) is 16.5. The van der Waals surface area contributed by atoms with Crippen molar-refractivity contribution >= 4 is 17.2 Å². The molecule has 1 N–H and O–H groups in total. The van der Waals surface area contributed by atoms with Gasteiger partial charge in [0.1, 0.15) is 10.8 Å². The van der Waals surface area contributed by atoms with Crippen molar-refractivity contribution in [2.75, 3.05) is 0 Å². The molecule has 28 heavy (non-hydrogen) atoms. The van der Waals surface area contributed by atoms with Crippen LogP contribution in [0.5, 0.6) is 0 Å². The fourth-order valence-electron chi connectivity index (χ4n) is 3.05. The van der Waals surface area contributed by atoms with Gasteiger partial charge in [-0.05, 0) is 55.3 Å². The quantitative estimate of drug-likeness (QED) is 0.465. The van der Waals surface area contributed by atoms with E-state index >= 15 is 0 Å². The summed E-state index contributed by atoms with van der Waals surface area (Å²) in [5.41, 5.74) is 4.79. The van der Waals surface area contributed by atoms with Crippen molar-refractivity contribution in [3.63, 3.8) is 0 Å². The Morgan fingerprint density at radius 1 is 1.07 bits per heavy atom. The number of thiazole rings is 1. The molecule has 4 aromatic rings. The summed E-state index contributed by atoms with van der Waals surface area (Å²) in [5, 5.41) is 5.84. The number of furan rings is 1. The van der Waals surface area contributed by atoms with E-state index < -0.39 is 0 Å². The van der Waals surface area contributed by atoms with E-state index in [2.05, 4.69) is 47.6 Å². The van der Waals surface area contributed by atoms with Gasteiger partial charge in [-0.3, -0.25) is 4.79 Å². The lowest BCUT2D eigenvalue weighted by Crippen LogP contribution is -2.26. The van der Waals surface area contributed by atoms with Gasteiger partial charge in [-0.1, -0.05) is 29.8 Å². The molecule has 1 atom stereocenters. The van der Waals surface area contributed by atoms with Crippen molar-refractivity contribution in [2.45, 2.75) is 19.9 Å². The SMILES string of the molecule is Cc1ccc(-c2cc(C(=O)NC(C)c3ccco3)cc(-c3nccs3)c2)cc1. The normalized spacial score (nSPS) is 11.9. The molecule has 0 aliphatic carbocycles. The average Bonchev–Trinajstić information content (AvgIpc) is 3.42. The Bertz CT molecular complexity index is 1070. The lowest BCUT2D eigenvalue weighted by molar-refractivity contribution is 0.0935. The Kier molecular flexibility index (Phi) is 5.08. The summed E-state index contributed by atoms with van der Waals surface area (Å²) >= 11 is 1.56. The second-order valence-electron chi connectivity index (χ2n) is 6.71. The van der Waals surface area contributed by atoms with E-state index in [1.807, 2.05) is 36.6 Å². The van der Waals surface area contributed by atoms with Gasteiger partial charge in [-0.2, -0.15) is 0 Å². The number of benzene rings is 2. The maximum atomic E-state index is 12.9. The zero-order valence-electron chi connectivity index (χ0n) is 15.7. The van der Waals surface area contributed by atoms with Gasteiger partial charge >= 0.3 is 0 Å². The Morgan fingerprint density at radius 2 is 1.86 bits per heavy atom. The van der Waals surface area contributed by atoms with Crippen molar-refractivity contribution in [1.29, 1.82) is 0 Å². The van der Waals surface area contributed by atoms with Gasteiger partial charge in [-0.25, -0.2) is 4.98 Å². The molecule has 0 saturated carbocycles. The molecule has 0 fully saturated rings. The third kappa shape index (κ3) is 3.89. The van der Waals surface area contributed by atoms with Gasteiger partial charge in [0.2, 0.25) is 0 Å². The average molecular weight is 388 g/mol. The van der Waals surface area contributed by atoms with Gasteiger partial charge in [0.05, 0.1) is 12.3 Å². The third-order valence-corrected chi connectivity index (χ3v) is 5.40. The molecule has 0 aliphatic rings. The number of nitrogens with one attached hydrogen (secondary N) is 1. The van der Waals surface area contributed by atoms with Gasteiger partial charge < -0.3 is 9.73 Å². The molecule has 2 aromatic carbocycles. The lowest BCUT2D eigenvalue weighted by atomic mass is 9.98. The summed E-state index contributed by atoms with van der Waals surface area (Å²) in [5.74, 6) is 0.582. The molecule has 1 amide bonds. The number of aromatic nitrogens is 1. The molecule has 0 spiro atoms. The predicted molar refractivity (Wildman–Crippen MR) is 112 cm³/mol. The molecule has 1 unspecified atom stereocenters. The molecule has 0 aliphatic heterocycles. The zero-order chi connectivity index (χ0) is 19.5. The van der Waals surface area contributed by atoms with Gasteiger partial charge in [-0.15, -0.1) is 11.3 Å². The minimum Gasteiger partial charge on any atom is -0.467 e. The number of aryl methyl sites for hydroxylation is 1. The summed E-state index contributed by atoms with van der Waals surface area (Å²) in [6.45, 7) is 3.97. The standard InChI is InChI=1S/C23H20N2O2S/c1-15-5-7-17(8-6-15)18-12-19(14-20(13-18)23-24-9-11-28-23)22(26)25-16(2)21-4-3-10-27-21/h3-14,16H,1-2H3,(H,25,26). The van der Waals surface area contributed by atoms with Crippen LogP contribution in [0.15, 0.2) is 76.9 Å². The first-order chi connectivity index (χ1) is 13.6. The van der Waals surface area contributed by atoms with E-state index in [1.54, 1.807) is 23.8 Å². The van der Waals surface area contributed by atoms with Crippen LogP contribution in [-0.4, -0.2) is 10.9 Å². The third-order valence-electron chi connectivity index (χ3n) is 4.58. The monoisotopic (exact) mass is 388 g/mol. The fraction of sp³-hybridized carbons (Fsp3) is 0.130. The summed E-state index contributed by atoms with van der Waals surface area (Å²) in [7, 11) is 0. The number of carbonyl (C=O) groups excluding carboxylic acids is 1. The summed E-state index contributed by atoms with van der Waals surface area (Å²) < 4.78 is 5.40. The number of carbonyl (C=O) groups is 1. The van der Waals surface area contributed by atoms with E-state index in [9.17, 15) is 4.79 Å². The number of nitrogens with zero attached hydrogens (tertiary/aromatic N) is 1. The molecule has 0 radical (unpaired) electrons. The maximum Gasteiger partial charge on any atom is 0.251 e. The van der Waals surface area contributed by atoms with Gasteiger partial charge in [0.15, 0.2) is 0 Å². The van der Waals surface area contributed by atoms with Crippen molar-refractivity contribution in [3.05, 3.63) is 89.3 Å². The highest BCUT2D eigenvalue weighted by atomic mass is 32.1. The second kappa shape index (κ2) is 7.82. The number of hydrogen-bond donors (Lipinski definition) is 1. The molecule has 4 nitrogen and oxygen atoms in total. The van der Waals surface area contributed by atoms with Crippen LogP contribution < -0.4 is 5.32 Å². The van der Waals surface area contributed by atoms with E-state index in [0.717, 1.165) is 27.5 Å². The van der Waals surface area contributed by atoms with E-state index in [-0.39, 0.29) is 11.9 Å². The minimum absolute atomic E-state index is 0.143. The van der Waals surface area contributed by atoms with Crippen molar-refractivity contribution in [3.8, 4) is 21.7 Å². The highest BCUT2D eigenvalue weighted by Gasteiger charge is 2.16. The lowest BCUT2D eigenvalue weighted by Gasteiger charge is -2.13. The number of amides is 1. The maximum absolute atomic E-state index is 12.9. The van der Waals surface area contributed by atoms with E-state index in [1.165, 1.54) is 5.56 Å². The molecule has 4 rings (SSSR count). The molecule has 0 bridgehead atoms.